The van der Waals surface area contributed by atoms with Gasteiger partial charge in [0.2, 0.25) is 0 Å². The van der Waals surface area contributed by atoms with E-state index in [0.29, 0.717) is 35.9 Å². The molecule has 1 aliphatic heterocycles. The lowest BCUT2D eigenvalue weighted by Gasteiger charge is -2.31. The molecule has 1 fully saturated rings. The summed E-state index contributed by atoms with van der Waals surface area (Å²) < 4.78 is 18.7. The van der Waals surface area contributed by atoms with E-state index in [0.717, 1.165) is 24.1 Å². The third kappa shape index (κ3) is 4.07. The van der Waals surface area contributed by atoms with Crippen LogP contribution < -0.4 is 10.5 Å². The van der Waals surface area contributed by atoms with Crippen LogP contribution >= 0.6 is 0 Å². The maximum Gasteiger partial charge on any atom is 0.272 e. The number of ether oxygens (including phenoxy) is 1. The lowest BCUT2D eigenvalue weighted by molar-refractivity contribution is 0.0705. The fourth-order valence-electron chi connectivity index (χ4n) is 3.68. The number of nitrogens with two attached hydrogens (primary N) is 1. The van der Waals surface area contributed by atoms with Gasteiger partial charge in [-0.3, -0.25) is 9.78 Å². The van der Waals surface area contributed by atoms with Crippen molar-refractivity contribution in [3.05, 3.63) is 65.9 Å². The van der Waals surface area contributed by atoms with Crippen molar-refractivity contribution >= 4 is 11.7 Å². The number of nitrogen functional groups attached to an aromatic ring is 1. The van der Waals surface area contributed by atoms with Gasteiger partial charge in [0.25, 0.3) is 5.91 Å². The fourth-order valence-corrected chi connectivity index (χ4v) is 3.68. The molecular weight excluding hydrogens is 385 g/mol. The molecule has 30 heavy (non-hydrogen) atoms. The Kier molecular flexibility index (Phi) is 5.56. The van der Waals surface area contributed by atoms with Gasteiger partial charge in [-0.1, -0.05) is 12.1 Å². The Hall–Kier alpha value is -3.55. The van der Waals surface area contributed by atoms with Crippen LogP contribution in [0.1, 0.15) is 34.9 Å². The highest BCUT2D eigenvalue weighted by molar-refractivity contribution is 5.93. The Morgan fingerprint density at radius 1 is 1.13 bits per heavy atom. The van der Waals surface area contributed by atoms with Gasteiger partial charge in [0.1, 0.15) is 23.1 Å². The highest BCUT2D eigenvalue weighted by Crippen LogP contribution is 2.31. The van der Waals surface area contributed by atoms with Crippen LogP contribution in [0.5, 0.6) is 5.75 Å². The van der Waals surface area contributed by atoms with Gasteiger partial charge in [0.05, 0.1) is 12.8 Å². The number of piperidine rings is 1. The summed E-state index contributed by atoms with van der Waals surface area (Å²) in [5.74, 6) is 0.722. The lowest BCUT2D eigenvalue weighted by Crippen LogP contribution is -2.38. The maximum atomic E-state index is 13.2. The van der Waals surface area contributed by atoms with Crippen molar-refractivity contribution in [2.45, 2.75) is 18.8 Å². The number of pyridine rings is 1. The Balaban J connectivity index is 1.47. The molecule has 0 aliphatic carbocycles. The van der Waals surface area contributed by atoms with E-state index in [-0.39, 0.29) is 17.6 Å². The number of hydrogen-bond acceptors (Lipinski definition) is 6. The number of methoxy groups -OCH3 is 1. The first-order chi connectivity index (χ1) is 14.5. The number of anilines is 1. The molecule has 8 heteroatoms. The topological polar surface area (TPSA) is 94.2 Å². The summed E-state index contributed by atoms with van der Waals surface area (Å²) in [6.07, 6.45) is 3.19. The molecular formula is C22H22FN5O2. The molecule has 3 aromatic rings. The minimum Gasteiger partial charge on any atom is -0.496 e. The first kappa shape index (κ1) is 19.8. The molecule has 3 heterocycles. The molecule has 2 aromatic heterocycles. The molecule has 0 spiro atoms. The molecule has 1 aromatic carbocycles. The molecule has 1 amide bonds. The number of halogens is 1. The third-order valence-corrected chi connectivity index (χ3v) is 5.37. The maximum absolute atomic E-state index is 13.2. The van der Waals surface area contributed by atoms with E-state index in [1.54, 1.807) is 35.4 Å². The van der Waals surface area contributed by atoms with Crippen LogP contribution in [-0.2, 0) is 0 Å². The number of rotatable bonds is 4. The van der Waals surface area contributed by atoms with Crippen LogP contribution in [-0.4, -0.2) is 46.2 Å². The average molecular weight is 407 g/mol. The predicted molar refractivity (Wildman–Crippen MR) is 111 cm³/mol. The van der Waals surface area contributed by atoms with Gasteiger partial charge in [-0.2, -0.15) is 5.10 Å². The van der Waals surface area contributed by atoms with E-state index in [4.69, 9.17) is 10.5 Å². The van der Waals surface area contributed by atoms with Crippen molar-refractivity contribution in [2.24, 2.45) is 0 Å². The molecule has 0 atom stereocenters. The standard InChI is InChI=1S/C22H22FN5O2/c1-30-20-12-19(25-13-17(20)14-2-4-16(23)5-3-14)22(29)28-10-8-15(9-11-28)18-6-7-21(24)27-26-18/h2-7,12-13,15H,8-11H2,1H3,(H2,24,27). The molecule has 2 N–H and O–H groups in total. The number of nitrogens with zero attached hydrogens (tertiary/aromatic N) is 4. The number of hydrogen-bond donors (Lipinski definition) is 1. The Morgan fingerprint density at radius 3 is 2.50 bits per heavy atom. The lowest BCUT2D eigenvalue weighted by atomic mass is 9.93. The van der Waals surface area contributed by atoms with Crippen molar-refractivity contribution < 1.29 is 13.9 Å². The zero-order valence-corrected chi connectivity index (χ0v) is 16.6. The van der Waals surface area contributed by atoms with E-state index in [2.05, 4.69) is 15.2 Å². The number of carbonyl (C=O) groups is 1. The molecule has 1 saturated heterocycles. The number of aromatic nitrogens is 3. The quantitative estimate of drug-likeness (QED) is 0.713. The average Bonchev–Trinajstić information content (AvgIpc) is 2.79. The van der Waals surface area contributed by atoms with Gasteiger partial charge in [0, 0.05) is 36.8 Å². The highest BCUT2D eigenvalue weighted by atomic mass is 19.1. The first-order valence-electron chi connectivity index (χ1n) is 9.73. The van der Waals surface area contributed by atoms with Crippen LogP contribution in [0.15, 0.2) is 48.7 Å². The molecule has 7 nitrogen and oxygen atoms in total. The molecule has 0 bridgehead atoms. The second-order valence-corrected chi connectivity index (χ2v) is 7.23. The zero-order valence-electron chi connectivity index (χ0n) is 16.6. The summed E-state index contributed by atoms with van der Waals surface area (Å²) in [5.41, 5.74) is 8.30. The molecule has 154 valence electrons. The van der Waals surface area contributed by atoms with Gasteiger partial charge < -0.3 is 15.4 Å². The van der Waals surface area contributed by atoms with Crippen molar-refractivity contribution in [2.75, 3.05) is 25.9 Å². The Labute approximate surface area is 173 Å². The largest absolute Gasteiger partial charge is 0.496 e. The van der Waals surface area contributed by atoms with Crippen LogP contribution in [0.2, 0.25) is 0 Å². The SMILES string of the molecule is COc1cc(C(=O)N2CCC(c3ccc(N)nn3)CC2)ncc1-c1ccc(F)cc1. The second kappa shape index (κ2) is 8.44. The molecule has 0 radical (unpaired) electrons. The highest BCUT2D eigenvalue weighted by Gasteiger charge is 2.26. The molecule has 1 aliphatic rings. The van der Waals surface area contributed by atoms with E-state index in [9.17, 15) is 9.18 Å². The first-order valence-corrected chi connectivity index (χ1v) is 9.73. The predicted octanol–water partition coefficient (Wildman–Crippen LogP) is 3.29. The number of likely N-dealkylation sites (tertiary alicyclic amines) is 1. The van der Waals surface area contributed by atoms with Crippen molar-refractivity contribution in [3.8, 4) is 16.9 Å². The molecule has 4 rings (SSSR count). The minimum atomic E-state index is -0.314. The van der Waals surface area contributed by atoms with Crippen LogP contribution in [0, 0.1) is 5.82 Å². The number of amides is 1. The van der Waals surface area contributed by atoms with Gasteiger partial charge in [-0.15, -0.1) is 5.10 Å². The van der Waals surface area contributed by atoms with Crippen molar-refractivity contribution in [3.63, 3.8) is 0 Å². The van der Waals surface area contributed by atoms with Gasteiger partial charge >= 0.3 is 0 Å². The van der Waals surface area contributed by atoms with Gasteiger partial charge in [0.15, 0.2) is 0 Å². The summed E-state index contributed by atoms with van der Waals surface area (Å²) in [7, 11) is 1.54. The summed E-state index contributed by atoms with van der Waals surface area (Å²) >= 11 is 0. The third-order valence-electron chi connectivity index (χ3n) is 5.37. The monoisotopic (exact) mass is 407 g/mol. The summed E-state index contributed by atoms with van der Waals surface area (Å²) in [4.78, 5) is 19.1. The fraction of sp³-hybridized carbons (Fsp3) is 0.273. The van der Waals surface area contributed by atoms with Crippen LogP contribution in [0.25, 0.3) is 11.1 Å². The summed E-state index contributed by atoms with van der Waals surface area (Å²) in [6.45, 7) is 1.22. The van der Waals surface area contributed by atoms with Crippen LogP contribution in [0.3, 0.4) is 0 Å². The molecule has 0 saturated carbocycles. The smallest absolute Gasteiger partial charge is 0.272 e. The van der Waals surface area contributed by atoms with E-state index in [1.165, 1.54) is 19.2 Å². The van der Waals surface area contributed by atoms with Gasteiger partial charge in [-0.05, 0) is 42.7 Å². The van der Waals surface area contributed by atoms with Gasteiger partial charge in [-0.25, -0.2) is 4.39 Å². The second-order valence-electron chi connectivity index (χ2n) is 7.23. The Morgan fingerprint density at radius 2 is 1.87 bits per heavy atom. The Bertz CT molecular complexity index is 1030. The van der Waals surface area contributed by atoms with E-state index in [1.807, 2.05) is 6.07 Å². The van der Waals surface area contributed by atoms with Crippen molar-refractivity contribution in [1.82, 2.24) is 20.1 Å². The number of carbonyl (C=O) groups excluding carboxylic acids is 1. The summed E-state index contributed by atoms with van der Waals surface area (Å²) in [5, 5.41) is 8.08. The number of benzene rings is 1. The summed E-state index contributed by atoms with van der Waals surface area (Å²) in [6, 6.07) is 11.3. The molecule has 0 unspecified atom stereocenters. The van der Waals surface area contributed by atoms with E-state index >= 15 is 0 Å². The normalized spacial score (nSPS) is 14.5. The zero-order chi connectivity index (χ0) is 21.1. The minimum absolute atomic E-state index is 0.138. The van der Waals surface area contributed by atoms with Crippen LogP contribution in [0.4, 0.5) is 10.2 Å². The van der Waals surface area contributed by atoms with E-state index < -0.39 is 0 Å². The van der Waals surface area contributed by atoms with Crippen molar-refractivity contribution in [1.29, 1.82) is 0 Å².